The molecule has 2 fully saturated rings. The minimum atomic E-state index is -0.576. The predicted molar refractivity (Wildman–Crippen MR) is 78.2 cm³/mol. The van der Waals surface area contributed by atoms with Crippen molar-refractivity contribution in [2.45, 2.75) is 44.1 Å². The highest BCUT2D eigenvalue weighted by molar-refractivity contribution is 5.79. The number of amides is 1. The van der Waals surface area contributed by atoms with Crippen LogP contribution in [0.15, 0.2) is 24.3 Å². The van der Waals surface area contributed by atoms with Crippen molar-refractivity contribution in [3.63, 3.8) is 0 Å². The zero-order valence-electron chi connectivity index (χ0n) is 12.2. The highest BCUT2D eigenvalue weighted by Gasteiger charge is 2.43. The summed E-state index contributed by atoms with van der Waals surface area (Å²) < 4.78 is 13.6. The Morgan fingerprint density at radius 1 is 1.33 bits per heavy atom. The molecule has 4 heteroatoms. The number of likely N-dealkylation sites (tertiary alicyclic amines) is 1. The number of carbonyl (C=O) groups is 1. The highest BCUT2D eigenvalue weighted by atomic mass is 19.1. The van der Waals surface area contributed by atoms with E-state index >= 15 is 0 Å². The third-order valence-corrected chi connectivity index (χ3v) is 5.08. The topological polar surface area (TPSA) is 40.5 Å². The van der Waals surface area contributed by atoms with Gasteiger partial charge in [-0.15, -0.1) is 0 Å². The van der Waals surface area contributed by atoms with Crippen molar-refractivity contribution in [3.8, 4) is 0 Å². The number of hydrogen-bond acceptors (Lipinski definition) is 2. The van der Waals surface area contributed by atoms with Crippen LogP contribution in [0.25, 0.3) is 0 Å². The van der Waals surface area contributed by atoms with Gasteiger partial charge in [-0.3, -0.25) is 4.79 Å². The van der Waals surface area contributed by atoms with Gasteiger partial charge < -0.3 is 10.0 Å². The van der Waals surface area contributed by atoms with E-state index in [1.54, 1.807) is 23.1 Å². The first kappa shape index (κ1) is 14.5. The van der Waals surface area contributed by atoms with Crippen LogP contribution in [-0.2, 0) is 11.2 Å². The molecule has 1 aliphatic heterocycles. The molecule has 0 aromatic heterocycles. The van der Waals surface area contributed by atoms with E-state index in [0.29, 0.717) is 25.1 Å². The number of halogens is 1. The molecule has 1 aromatic carbocycles. The summed E-state index contributed by atoms with van der Waals surface area (Å²) in [6.07, 6.45) is 4.81. The highest BCUT2D eigenvalue weighted by Crippen LogP contribution is 2.39. The molecule has 3 rings (SSSR count). The smallest absolute Gasteiger partial charge is 0.227 e. The molecule has 1 saturated carbocycles. The van der Waals surface area contributed by atoms with Crippen molar-refractivity contribution in [2.75, 3.05) is 13.1 Å². The number of carbonyl (C=O) groups excluding carboxylic acids is 1. The predicted octanol–water partition coefficient (Wildman–Crippen LogP) is 2.52. The van der Waals surface area contributed by atoms with E-state index in [2.05, 4.69) is 0 Å². The third kappa shape index (κ3) is 2.95. The van der Waals surface area contributed by atoms with Gasteiger partial charge in [0.05, 0.1) is 12.0 Å². The fourth-order valence-electron chi connectivity index (χ4n) is 3.71. The average molecular weight is 291 g/mol. The van der Waals surface area contributed by atoms with Crippen molar-refractivity contribution in [1.29, 1.82) is 0 Å². The maximum Gasteiger partial charge on any atom is 0.227 e. The van der Waals surface area contributed by atoms with Crippen molar-refractivity contribution in [3.05, 3.63) is 35.6 Å². The molecule has 0 radical (unpaired) electrons. The van der Waals surface area contributed by atoms with E-state index in [1.165, 1.54) is 6.07 Å². The van der Waals surface area contributed by atoms with E-state index in [4.69, 9.17) is 0 Å². The molecule has 2 atom stereocenters. The summed E-state index contributed by atoms with van der Waals surface area (Å²) in [4.78, 5) is 14.2. The Morgan fingerprint density at radius 3 is 2.95 bits per heavy atom. The SMILES string of the molecule is O=C(Cc1ccccc1F)N1CCC2(O)CCCCC2C1. The van der Waals surface area contributed by atoms with Crippen LogP contribution in [0.3, 0.4) is 0 Å². The molecule has 2 aliphatic rings. The molecule has 21 heavy (non-hydrogen) atoms. The molecule has 2 unspecified atom stereocenters. The Balaban J connectivity index is 1.65. The van der Waals surface area contributed by atoms with Crippen LogP contribution in [0.4, 0.5) is 4.39 Å². The number of nitrogens with zero attached hydrogens (tertiary/aromatic N) is 1. The van der Waals surface area contributed by atoms with Crippen molar-refractivity contribution in [2.24, 2.45) is 5.92 Å². The zero-order valence-corrected chi connectivity index (χ0v) is 12.2. The monoisotopic (exact) mass is 291 g/mol. The number of fused-ring (bicyclic) bond motifs is 1. The maximum atomic E-state index is 13.6. The van der Waals surface area contributed by atoms with Crippen molar-refractivity contribution in [1.82, 2.24) is 4.90 Å². The molecule has 114 valence electrons. The molecule has 1 heterocycles. The summed E-state index contributed by atoms with van der Waals surface area (Å²) in [6.45, 7) is 1.20. The molecule has 1 N–H and O–H groups in total. The van der Waals surface area contributed by atoms with Gasteiger partial charge in [0.25, 0.3) is 0 Å². The van der Waals surface area contributed by atoms with Gasteiger partial charge in [0, 0.05) is 19.0 Å². The Hall–Kier alpha value is -1.42. The molecule has 0 spiro atoms. The first-order chi connectivity index (χ1) is 10.1. The molecule has 1 saturated heterocycles. The number of aliphatic hydroxyl groups is 1. The van der Waals surface area contributed by atoms with Gasteiger partial charge in [0.15, 0.2) is 0 Å². The minimum Gasteiger partial charge on any atom is -0.389 e. The quantitative estimate of drug-likeness (QED) is 0.909. The number of piperidine rings is 1. The van der Waals surface area contributed by atoms with Crippen LogP contribution < -0.4 is 0 Å². The molecular formula is C17H22FNO2. The average Bonchev–Trinajstić information content (AvgIpc) is 2.48. The lowest BCUT2D eigenvalue weighted by Gasteiger charge is -2.47. The van der Waals surface area contributed by atoms with Gasteiger partial charge in [-0.05, 0) is 30.9 Å². The standard InChI is InChI=1S/C17H22FNO2/c18-15-7-2-1-5-13(15)11-16(20)19-10-9-17(21)8-4-3-6-14(17)12-19/h1-2,5,7,14,21H,3-4,6,8-12H2. The van der Waals surface area contributed by atoms with Gasteiger partial charge in [-0.25, -0.2) is 4.39 Å². The summed E-state index contributed by atoms with van der Waals surface area (Å²) in [7, 11) is 0. The minimum absolute atomic E-state index is 0.0345. The second kappa shape index (κ2) is 5.76. The number of hydrogen-bond donors (Lipinski definition) is 1. The second-order valence-electron chi connectivity index (χ2n) is 6.40. The lowest BCUT2D eigenvalue weighted by Crippen LogP contribution is -2.54. The Bertz CT molecular complexity index is 533. The third-order valence-electron chi connectivity index (χ3n) is 5.08. The summed E-state index contributed by atoms with van der Waals surface area (Å²) >= 11 is 0. The van der Waals surface area contributed by atoms with Gasteiger partial charge in [-0.2, -0.15) is 0 Å². The summed E-state index contributed by atoms with van der Waals surface area (Å²) in [5.74, 6) is -0.172. The number of benzene rings is 1. The van der Waals surface area contributed by atoms with Gasteiger partial charge in [-0.1, -0.05) is 31.0 Å². The van der Waals surface area contributed by atoms with Crippen LogP contribution >= 0.6 is 0 Å². The molecule has 1 amide bonds. The zero-order chi connectivity index (χ0) is 14.9. The Labute approximate surface area is 124 Å². The molecular weight excluding hydrogens is 269 g/mol. The van der Waals surface area contributed by atoms with E-state index in [1.807, 2.05) is 0 Å². The van der Waals surface area contributed by atoms with Crippen LogP contribution in [0, 0.1) is 11.7 Å². The van der Waals surface area contributed by atoms with E-state index in [9.17, 15) is 14.3 Å². The largest absolute Gasteiger partial charge is 0.389 e. The second-order valence-corrected chi connectivity index (χ2v) is 6.40. The van der Waals surface area contributed by atoms with Gasteiger partial charge in [0.2, 0.25) is 5.91 Å². The summed E-state index contributed by atoms with van der Waals surface area (Å²) in [5, 5.41) is 10.6. The van der Waals surface area contributed by atoms with Crippen LogP contribution in [0.2, 0.25) is 0 Å². The van der Waals surface area contributed by atoms with Crippen molar-refractivity contribution >= 4 is 5.91 Å². The van der Waals surface area contributed by atoms with Crippen LogP contribution in [0.1, 0.15) is 37.7 Å². The van der Waals surface area contributed by atoms with E-state index < -0.39 is 5.60 Å². The van der Waals surface area contributed by atoms with E-state index in [0.717, 1.165) is 25.7 Å². The fourth-order valence-corrected chi connectivity index (χ4v) is 3.71. The van der Waals surface area contributed by atoms with Crippen LogP contribution in [-0.4, -0.2) is 34.6 Å². The lowest BCUT2D eigenvalue weighted by atomic mass is 9.71. The van der Waals surface area contributed by atoms with Gasteiger partial charge >= 0.3 is 0 Å². The lowest BCUT2D eigenvalue weighted by molar-refractivity contribution is -0.142. The van der Waals surface area contributed by atoms with Crippen molar-refractivity contribution < 1.29 is 14.3 Å². The van der Waals surface area contributed by atoms with Gasteiger partial charge in [0.1, 0.15) is 5.82 Å². The molecule has 3 nitrogen and oxygen atoms in total. The first-order valence-electron chi connectivity index (χ1n) is 7.82. The normalized spacial score (nSPS) is 29.0. The fraction of sp³-hybridized carbons (Fsp3) is 0.588. The summed E-state index contributed by atoms with van der Waals surface area (Å²) in [6, 6.07) is 6.43. The number of rotatable bonds is 2. The van der Waals surface area contributed by atoms with E-state index in [-0.39, 0.29) is 24.1 Å². The molecule has 0 bridgehead atoms. The summed E-state index contributed by atoms with van der Waals surface area (Å²) in [5.41, 5.74) is -0.125. The Morgan fingerprint density at radius 2 is 2.14 bits per heavy atom. The maximum absolute atomic E-state index is 13.6. The molecule has 1 aliphatic carbocycles. The molecule has 1 aromatic rings. The van der Waals surface area contributed by atoms with Crippen LogP contribution in [0.5, 0.6) is 0 Å². The first-order valence-corrected chi connectivity index (χ1v) is 7.82. The Kier molecular flexibility index (Phi) is 3.98.